The molecular formula is C46H95N2O6P. The molecule has 3 atom stereocenters. The van der Waals surface area contributed by atoms with Crippen LogP contribution in [0.1, 0.15) is 258 Å². The maximum Gasteiger partial charge on any atom is 0.472 e. The molecule has 0 aromatic rings. The van der Waals surface area contributed by atoms with Gasteiger partial charge in [-0.25, -0.2) is 4.57 Å². The highest BCUT2D eigenvalue weighted by Crippen LogP contribution is 2.43. The summed E-state index contributed by atoms with van der Waals surface area (Å²) in [5, 5.41) is 13.8. The fourth-order valence-electron chi connectivity index (χ4n) is 7.55. The third-order valence-corrected chi connectivity index (χ3v) is 12.2. The Morgan fingerprint density at radius 1 is 0.527 bits per heavy atom. The van der Waals surface area contributed by atoms with Gasteiger partial charge < -0.3 is 21.1 Å². The van der Waals surface area contributed by atoms with Crippen LogP contribution in [0.15, 0.2) is 0 Å². The van der Waals surface area contributed by atoms with Crippen LogP contribution in [0.25, 0.3) is 0 Å². The maximum atomic E-state index is 12.8. The minimum Gasteiger partial charge on any atom is -0.391 e. The van der Waals surface area contributed by atoms with Crippen LogP contribution in [-0.4, -0.2) is 47.8 Å². The molecule has 5 N–H and O–H groups in total. The van der Waals surface area contributed by atoms with Gasteiger partial charge in [0.1, 0.15) is 0 Å². The van der Waals surface area contributed by atoms with Gasteiger partial charge in [-0.2, -0.15) is 0 Å². The number of phosphoric acid groups is 1. The zero-order chi connectivity index (χ0) is 40.3. The van der Waals surface area contributed by atoms with Gasteiger partial charge in [0, 0.05) is 13.0 Å². The summed E-state index contributed by atoms with van der Waals surface area (Å²) in [6.07, 6.45) is 46.9. The number of aliphatic hydroxyl groups is 1. The molecule has 0 aliphatic carbocycles. The topological polar surface area (TPSA) is 131 Å². The van der Waals surface area contributed by atoms with E-state index in [-0.39, 0.29) is 25.7 Å². The first-order valence-electron chi connectivity index (χ1n) is 24.2. The molecule has 0 saturated heterocycles. The van der Waals surface area contributed by atoms with E-state index in [1.165, 1.54) is 193 Å². The van der Waals surface area contributed by atoms with E-state index in [0.29, 0.717) is 12.8 Å². The number of rotatable bonds is 46. The molecule has 0 bridgehead atoms. The van der Waals surface area contributed by atoms with Gasteiger partial charge in [0.15, 0.2) is 0 Å². The standard InChI is InChI=1S/C46H95N2O6P/c1-3-5-7-9-11-13-15-17-19-20-21-22-23-24-25-26-28-30-32-34-36-38-40-46(50)48-44(43-54-55(51,52)53-42-41-47)45(49)39-37-35-33-31-29-27-18-16-14-12-10-8-6-4-2/h44-45,49H,3-43,47H2,1-2H3,(H,48,50)(H,51,52)/t44-,45+/m0/s1. The number of phosphoric ester groups is 1. The molecule has 9 heteroatoms. The Balaban J connectivity index is 4.00. The quantitative estimate of drug-likeness (QED) is 0.0356. The first-order chi connectivity index (χ1) is 26.9. The third kappa shape index (κ3) is 41.5. The average molecular weight is 803 g/mol. The summed E-state index contributed by atoms with van der Waals surface area (Å²) < 4.78 is 22.2. The Morgan fingerprint density at radius 2 is 0.836 bits per heavy atom. The van der Waals surface area contributed by atoms with E-state index < -0.39 is 20.0 Å². The van der Waals surface area contributed by atoms with E-state index >= 15 is 0 Å². The van der Waals surface area contributed by atoms with E-state index in [0.717, 1.165) is 38.5 Å². The minimum atomic E-state index is -4.31. The highest BCUT2D eigenvalue weighted by Gasteiger charge is 2.27. The van der Waals surface area contributed by atoms with Gasteiger partial charge in [-0.3, -0.25) is 13.8 Å². The van der Waals surface area contributed by atoms with Crippen molar-refractivity contribution in [2.75, 3.05) is 19.8 Å². The molecular weight excluding hydrogens is 707 g/mol. The molecule has 0 radical (unpaired) electrons. The highest BCUT2D eigenvalue weighted by molar-refractivity contribution is 7.47. The lowest BCUT2D eigenvalue weighted by atomic mass is 10.0. The largest absolute Gasteiger partial charge is 0.472 e. The smallest absolute Gasteiger partial charge is 0.391 e. The van der Waals surface area contributed by atoms with Gasteiger partial charge in [0.2, 0.25) is 5.91 Å². The molecule has 0 heterocycles. The number of nitrogens with one attached hydrogen (secondary N) is 1. The van der Waals surface area contributed by atoms with Gasteiger partial charge in [0.25, 0.3) is 0 Å². The van der Waals surface area contributed by atoms with E-state index in [4.69, 9.17) is 14.8 Å². The Bertz CT molecular complexity index is 834. The number of carbonyl (C=O) groups is 1. The minimum absolute atomic E-state index is 0.0926. The van der Waals surface area contributed by atoms with Crippen molar-refractivity contribution in [2.45, 2.75) is 270 Å². The van der Waals surface area contributed by atoms with Crippen LogP contribution in [0.3, 0.4) is 0 Å². The van der Waals surface area contributed by atoms with Gasteiger partial charge in [-0.1, -0.05) is 239 Å². The van der Waals surface area contributed by atoms with Crippen LogP contribution in [0, 0.1) is 0 Å². The first-order valence-corrected chi connectivity index (χ1v) is 25.6. The number of aliphatic hydroxyl groups excluding tert-OH is 1. The molecule has 330 valence electrons. The predicted molar refractivity (Wildman–Crippen MR) is 236 cm³/mol. The van der Waals surface area contributed by atoms with Crippen LogP contribution in [0.5, 0.6) is 0 Å². The number of carbonyl (C=O) groups excluding carboxylic acids is 1. The molecule has 0 spiro atoms. The lowest BCUT2D eigenvalue weighted by Gasteiger charge is -2.25. The van der Waals surface area contributed by atoms with Crippen LogP contribution in [-0.2, 0) is 18.4 Å². The van der Waals surface area contributed by atoms with Crippen LogP contribution in [0.2, 0.25) is 0 Å². The van der Waals surface area contributed by atoms with E-state index in [9.17, 15) is 19.4 Å². The van der Waals surface area contributed by atoms with Crippen molar-refractivity contribution >= 4 is 13.7 Å². The Hall–Kier alpha value is -0.500. The van der Waals surface area contributed by atoms with Crippen LogP contribution in [0.4, 0.5) is 0 Å². The second-order valence-corrected chi connectivity index (χ2v) is 18.1. The zero-order valence-electron chi connectivity index (χ0n) is 36.7. The first kappa shape index (κ1) is 54.5. The lowest BCUT2D eigenvalue weighted by molar-refractivity contribution is -0.123. The van der Waals surface area contributed by atoms with Crippen molar-refractivity contribution in [3.05, 3.63) is 0 Å². The van der Waals surface area contributed by atoms with Crippen molar-refractivity contribution in [3.63, 3.8) is 0 Å². The molecule has 0 saturated carbocycles. The lowest BCUT2D eigenvalue weighted by Crippen LogP contribution is -2.46. The molecule has 1 amide bonds. The Morgan fingerprint density at radius 3 is 1.16 bits per heavy atom. The van der Waals surface area contributed by atoms with Crippen molar-refractivity contribution < 1.29 is 28.4 Å². The molecule has 1 unspecified atom stereocenters. The van der Waals surface area contributed by atoms with E-state index in [1.54, 1.807) is 0 Å². The Kier molecular flexibility index (Phi) is 42.7. The summed E-state index contributed by atoms with van der Waals surface area (Å²) in [4.78, 5) is 22.8. The summed E-state index contributed by atoms with van der Waals surface area (Å²) in [6, 6.07) is -0.767. The summed E-state index contributed by atoms with van der Waals surface area (Å²) in [6.45, 7) is 4.25. The van der Waals surface area contributed by atoms with Crippen molar-refractivity contribution in [1.82, 2.24) is 5.32 Å². The van der Waals surface area contributed by atoms with Gasteiger partial charge in [0.05, 0.1) is 25.4 Å². The van der Waals surface area contributed by atoms with Crippen molar-refractivity contribution in [2.24, 2.45) is 5.73 Å². The monoisotopic (exact) mass is 803 g/mol. The average Bonchev–Trinajstić information content (AvgIpc) is 3.17. The predicted octanol–water partition coefficient (Wildman–Crippen LogP) is 13.8. The number of hydrogen-bond donors (Lipinski definition) is 4. The van der Waals surface area contributed by atoms with Crippen molar-refractivity contribution in [3.8, 4) is 0 Å². The Labute approximate surface area is 342 Å². The summed E-state index contributed by atoms with van der Waals surface area (Å²) in [5.41, 5.74) is 5.39. The maximum absolute atomic E-state index is 12.8. The second kappa shape index (κ2) is 43.1. The van der Waals surface area contributed by atoms with Gasteiger partial charge in [-0.05, 0) is 12.8 Å². The summed E-state index contributed by atoms with van der Waals surface area (Å²) >= 11 is 0. The fourth-order valence-corrected chi connectivity index (χ4v) is 8.31. The van der Waals surface area contributed by atoms with E-state index in [1.807, 2.05) is 0 Å². The van der Waals surface area contributed by atoms with Crippen LogP contribution < -0.4 is 11.1 Å². The van der Waals surface area contributed by atoms with E-state index in [2.05, 4.69) is 19.2 Å². The SMILES string of the molecule is CCCCCCCCCCCCCCCCCCCCCCCCC(=O)N[C@@H](COP(=O)(O)OCCN)[C@H](O)CCCCCCCCCCCCCCCC. The molecule has 0 aliphatic heterocycles. The number of unbranched alkanes of at least 4 members (excludes halogenated alkanes) is 34. The zero-order valence-corrected chi connectivity index (χ0v) is 37.6. The number of hydrogen-bond acceptors (Lipinski definition) is 6. The molecule has 0 aromatic heterocycles. The molecule has 0 aliphatic rings. The fraction of sp³-hybridized carbons (Fsp3) is 0.978. The number of nitrogens with two attached hydrogens (primary N) is 1. The summed E-state index contributed by atoms with van der Waals surface area (Å²) in [7, 11) is -4.31. The summed E-state index contributed by atoms with van der Waals surface area (Å²) in [5.74, 6) is -0.155. The number of amides is 1. The molecule has 0 aromatic carbocycles. The molecule has 0 fully saturated rings. The van der Waals surface area contributed by atoms with Crippen LogP contribution >= 0.6 is 7.82 Å². The molecule has 55 heavy (non-hydrogen) atoms. The molecule has 8 nitrogen and oxygen atoms in total. The third-order valence-electron chi connectivity index (χ3n) is 11.2. The van der Waals surface area contributed by atoms with Gasteiger partial charge in [-0.15, -0.1) is 0 Å². The van der Waals surface area contributed by atoms with Gasteiger partial charge >= 0.3 is 7.82 Å². The molecule has 0 rings (SSSR count). The second-order valence-electron chi connectivity index (χ2n) is 16.7. The van der Waals surface area contributed by atoms with Crippen molar-refractivity contribution in [1.29, 1.82) is 0 Å². The normalized spacial score (nSPS) is 13.9. The highest BCUT2D eigenvalue weighted by atomic mass is 31.2.